The minimum atomic E-state index is -1.02. The number of anilines is 1. The Morgan fingerprint density at radius 1 is 1.08 bits per heavy atom. The summed E-state index contributed by atoms with van der Waals surface area (Å²) < 4.78 is 18.3. The minimum absolute atomic E-state index is 0.142. The average Bonchev–Trinajstić information content (AvgIpc) is 2.83. The molecule has 0 N–H and O–H groups in total. The summed E-state index contributed by atoms with van der Waals surface area (Å²) in [5.74, 6) is -1.21. The lowest BCUT2D eigenvalue weighted by atomic mass is 10.2. The fraction of sp³-hybridized carbons (Fsp3) is 0.125. The number of nitro groups is 1. The number of carbonyl (C=O) groups excluding carboxylic acids is 2. The highest BCUT2D eigenvalue weighted by molar-refractivity contribution is 6.22. The van der Waals surface area contributed by atoms with Gasteiger partial charge in [0.25, 0.3) is 11.6 Å². The first kappa shape index (κ1) is 15.6. The monoisotopic (exact) mass is 330 g/mol. The lowest BCUT2D eigenvalue weighted by Gasteiger charge is -2.15. The van der Waals surface area contributed by atoms with E-state index in [2.05, 4.69) is 0 Å². The molecular formula is C16H11FN2O5. The van der Waals surface area contributed by atoms with Crippen molar-refractivity contribution in [2.45, 2.75) is 12.5 Å². The van der Waals surface area contributed by atoms with Crippen molar-refractivity contribution >= 4 is 23.2 Å². The number of non-ortho nitro benzene ring substituents is 1. The van der Waals surface area contributed by atoms with Crippen LogP contribution in [-0.4, -0.2) is 22.8 Å². The highest BCUT2D eigenvalue weighted by atomic mass is 19.1. The number of imide groups is 1. The molecule has 1 aliphatic heterocycles. The fourth-order valence-electron chi connectivity index (χ4n) is 2.37. The Bertz CT molecular complexity index is 804. The van der Waals surface area contributed by atoms with Gasteiger partial charge in [-0.05, 0) is 36.4 Å². The second kappa shape index (κ2) is 6.07. The summed E-state index contributed by atoms with van der Waals surface area (Å²) in [7, 11) is 0. The standard InChI is InChI=1S/C16H11FN2O5/c17-10-1-7-13(8-2-10)24-14-9-15(20)18(16(14)21)11-3-5-12(6-4-11)19(22)23/h1-8,14H,9H2. The molecule has 2 aromatic rings. The first-order chi connectivity index (χ1) is 11.5. The zero-order valence-corrected chi connectivity index (χ0v) is 12.2. The largest absolute Gasteiger partial charge is 0.480 e. The average molecular weight is 330 g/mol. The van der Waals surface area contributed by atoms with E-state index in [0.717, 1.165) is 4.90 Å². The molecule has 0 aliphatic carbocycles. The summed E-state index contributed by atoms with van der Waals surface area (Å²) in [6.45, 7) is 0. The molecular weight excluding hydrogens is 319 g/mol. The quantitative estimate of drug-likeness (QED) is 0.488. The van der Waals surface area contributed by atoms with E-state index >= 15 is 0 Å². The third-order valence-electron chi connectivity index (χ3n) is 3.52. The van der Waals surface area contributed by atoms with Crippen LogP contribution in [0.4, 0.5) is 15.8 Å². The minimum Gasteiger partial charge on any atom is -0.480 e. The normalized spacial score (nSPS) is 17.2. The molecule has 0 bridgehead atoms. The summed E-state index contributed by atoms with van der Waals surface area (Å²) in [5.41, 5.74) is 0.0952. The van der Waals surface area contributed by atoms with Crippen LogP contribution in [0.1, 0.15) is 6.42 Å². The molecule has 8 heteroatoms. The van der Waals surface area contributed by atoms with Crippen LogP contribution in [0.5, 0.6) is 5.75 Å². The van der Waals surface area contributed by atoms with Crippen molar-refractivity contribution in [1.29, 1.82) is 0 Å². The highest BCUT2D eigenvalue weighted by Crippen LogP contribution is 2.27. The number of nitro benzene ring substituents is 1. The van der Waals surface area contributed by atoms with Crippen molar-refractivity contribution < 1.29 is 23.6 Å². The van der Waals surface area contributed by atoms with Crippen LogP contribution in [0.25, 0.3) is 0 Å². The molecule has 3 rings (SSSR count). The number of carbonyl (C=O) groups is 2. The van der Waals surface area contributed by atoms with Crippen LogP contribution < -0.4 is 9.64 Å². The summed E-state index contributed by atoms with van der Waals surface area (Å²) in [6.07, 6.45) is -1.18. The second-order valence-electron chi connectivity index (χ2n) is 5.11. The van der Waals surface area contributed by atoms with Crippen LogP contribution in [0.3, 0.4) is 0 Å². The van der Waals surface area contributed by atoms with E-state index in [-0.39, 0.29) is 23.5 Å². The van der Waals surface area contributed by atoms with E-state index in [1.807, 2.05) is 0 Å². The predicted molar refractivity (Wildman–Crippen MR) is 81.0 cm³/mol. The Hall–Kier alpha value is -3.29. The molecule has 0 aromatic heterocycles. The first-order valence-corrected chi connectivity index (χ1v) is 6.99. The Balaban J connectivity index is 1.78. The lowest BCUT2D eigenvalue weighted by molar-refractivity contribution is -0.384. The molecule has 1 fully saturated rings. The van der Waals surface area contributed by atoms with E-state index in [1.165, 1.54) is 48.5 Å². The van der Waals surface area contributed by atoms with Gasteiger partial charge in [0.15, 0.2) is 6.10 Å². The van der Waals surface area contributed by atoms with Crippen LogP contribution in [-0.2, 0) is 9.59 Å². The second-order valence-corrected chi connectivity index (χ2v) is 5.11. The molecule has 1 aliphatic rings. The first-order valence-electron chi connectivity index (χ1n) is 6.99. The molecule has 2 amide bonds. The van der Waals surface area contributed by atoms with E-state index in [4.69, 9.17) is 4.74 Å². The Morgan fingerprint density at radius 2 is 1.71 bits per heavy atom. The van der Waals surface area contributed by atoms with Crippen molar-refractivity contribution in [1.82, 2.24) is 0 Å². The van der Waals surface area contributed by atoms with E-state index in [0.29, 0.717) is 0 Å². The highest BCUT2D eigenvalue weighted by Gasteiger charge is 2.41. The summed E-state index contributed by atoms with van der Waals surface area (Å²) in [6, 6.07) is 10.2. The molecule has 24 heavy (non-hydrogen) atoms. The van der Waals surface area contributed by atoms with Gasteiger partial charge in [0.05, 0.1) is 17.0 Å². The molecule has 0 spiro atoms. The fourth-order valence-corrected chi connectivity index (χ4v) is 2.37. The third-order valence-corrected chi connectivity index (χ3v) is 3.52. The molecule has 2 aromatic carbocycles. The SMILES string of the molecule is O=C1CC(Oc2ccc(F)cc2)C(=O)N1c1ccc([N+](=O)[O-])cc1. The van der Waals surface area contributed by atoms with Gasteiger partial charge in [-0.3, -0.25) is 19.7 Å². The number of ether oxygens (including phenoxy) is 1. The van der Waals surface area contributed by atoms with Gasteiger partial charge < -0.3 is 4.74 Å². The zero-order valence-electron chi connectivity index (χ0n) is 12.2. The molecule has 1 atom stereocenters. The number of rotatable bonds is 4. The van der Waals surface area contributed by atoms with Crippen molar-refractivity contribution in [2.24, 2.45) is 0 Å². The smallest absolute Gasteiger partial charge is 0.275 e. The van der Waals surface area contributed by atoms with E-state index < -0.39 is 28.7 Å². The van der Waals surface area contributed by atoms with Gasteiger partial charge >= 0.3 is 0 Å². The maximum absolute atomic E-state index is 12.9. The maximum atomic E-state index is 12.9. The topological polar surface area (TPSA) is 89.8 Å². The molecule has 0 radical (unpaired) electrons. The van der Waals surface area contributed by atoms with Crippen molar-refractivity contribution in [3.05, 3.63) is 64.5 Å². The van der Waals surface area contributed by atoms with E-state index in [1.54, 1.807) is 0 Å². The Kier molecular flexibility index (Phi) is 3.95. The molecule has 7 nitrogen and oxygen atoms in total. The summed E-state index contributed by atoms with van der Waals surface area (Å²) in [5, 5.41) is 10.7. The molecule has 122 valence electrons. The predicted octanol–water partition coefficient (Wildman–Crippen LogP) is 2.44. The van der Waals surface area contributed by atoms with Gasteiger partial charge in [-0.1, -0.05) is 0 Å². The zero-order chi connectivity index (χ0) is 17.3. The number of hydrogen-bond acceptors (Lipinski definition) is 5. The number of nitrogens with zero attached hydrogens (tertiary/aromatic N) is 2. The van der Waals surface area contributed by atoms with Gasteiger partial charge in [0.1, 0.15) is 11.6 Å². The molecule has 1 heterocycles. The van der Waals surface area contributed by atoms with Crippen LogP contribution >= 0.6 is 0 Å². The molecule has 1 saturated heterocycles. The Morgan fingerprint density at radius 3 is 2.29 bits per heavy atom. The van der Waals surface area contributed by atoms with E-state index in [9.17, 15) is 24.1 Å². The molecule has 1 unspecified atom stereocenters. The maximum Gasteiger partial charge on any atom is 0.275 e. The van der Waals surface area contributed by atoms with Crippen LogP contribution in [0, 0.1) is 15.9 Å². The van der Waals surface area contributed by atoms with Gasteiger partial charge in [-0.25, -0.2) is 9.29 Å². The third kappa shape index (κ3) is 2.94. The number of hydrogen-bond donors (Lipinski definition) is 0. The van der Waals surface area contributed by atoms with Gasteiger partial charge in [0, 0.05) is 12.1 Å². The van der Waals surface area contributed by atoms with Gasteiger partial charge in [-0.2, -0.15) is 0 Å². The summed E-state index contributed by atoms with van der Waals surface area (Å²) >= 11 is 0. The number of amides is 2. The van der Waals surface area contributed by atoms with Gasteiger partial charge in [0.2, 0.25) is 5.91 Å². The van der Waals surface area contributed by atoms with Crippen molar-refractivity contribution in [3.8, 4) is 5.75 Å². The molecule has 0 saturated carbocycles. The number of halogens is 1. The number of benzene rings is 2. The van der Waals surface area contributed by atoms with Crippen molar-refractivity contribution in [3.63, 3.8) is 0 Å². The lowest BCUT2D eigenvalue weighted by Crippen LogP contribution is -2.33. The summed E-state index contributed by atoms with van der Waals surface area (Å²) in [4.78, 5) is 35.5. The Labute approximate surface area is 135 Å². The van der Waals surface area contributed by atoms with Crippen LogP contribution in [0.15, 0.2) is 48.5 Å². The van der Waals surface area contributed by atoms with Gasteiger partial charge in [-0.15, -0.1) is 0 Å². The van der Waals surface area contributed by atoms with Crippen LogP contribution in [0.2, 0.25) is 0 Å². The van der Waals surface area contributed by atoms with Crippen molar-refractivity contribution in [2.75, 3.05) is 4.90 Å².